The Hall–Kier alpha value is -1.68. The van der Waals surface area contributed by atoms with Gasteiger partial charge in [-0.2, -0.15) is 5.10 Å². The van der Waals surface area contributed by atoms with Gasteiger partial charge in [0.05, 0.1) is 11.9 Å². The molecule has 0 aliphatic heterocycles. The maximum Gasteiger partial charge on any atom is 0.0570 e. The summed E-state index contributed by atoms with van der Waals surface area (Å²) in [6.45, 7) is 6.08. The summed E-state index contributed by atoms with van der Waals surface area (Å²) in [5, 5.41) is 7.77. The molecule has 0 aliphatic carbocycles. The van der Waals surface area contributed by atoms with Gasteiger partial charge in [0, 0.05) is 37.1 Å². The SMILES string of the molecule is CCCn1cc(CN[C@H](C)c2ccccn2)cn1. The molecule has 0 amide bonds. The van der Waals surface area contributed by atoms with Gasteiger partial charge < -0.3 is 5.32 Å². The lowest BCUT2D eigenvalue weighted by atomic mass is 10.2. The van der Waals surface area contributed by atoms with E-state index in [9.17, 15) is 0 Å². The molecule has 0 radical (unpaired) electrons. The molecule has 0 spiro atoms. The standard InChI is InChI=1S/C14H20N4/c1-3-8-18-11-13(10-17-18)9-16-12(2)14-6-4-5-7-15-14/h4-7,10-12,16H,3,8-9H2,1-2H3/t12-/m1/s1. The van der Waals surface area contributed by atoms with Crippen LogP contribution in [0.1, 0.15) is 37.6 Å². The first-order chi connectivity index (χ1) is 8.79. The van der Waals surface area contributed by atoms with E-state index in [0.717, 1.165) is 25.2 Å². The second-order valence-corrected chi connectivity index (χ2v) is 4.47. The van der Waals surface area contributed by atoms with Gasteiger partial charge in [0.15, 0.2) is 0 Å². The van der Waals surface area contributed by atoms with Crippen LogP contribution in [0, 0.1) is 0 Å². The largest absolute Gasteiger partial charge is 0.305 e. The Balaban J connectivity index is 1.87. The molecule has 0 aromatic carbocycles. The van der Waals surface area contributed by atoms with Crippen LogP contribution in [0.4, 0.5) is 0 Å². The minimum atomic E-state index is 0.251. The molecule has 0 saturated heterocycles. The number of aromatic nitrogens is 3. The molecule has 2 rings (SSSR count). The van der Waals surface area contributed by atoms with Crippen molar-refractivity contribution in [3.63, 3.8) is 0 Å². The van der Waals surface area contributed by atoms with Crippen molar-refractivity contribution < 1.29 is 0 Å². The van der Waals surface area contributed by atoms with E-state index in [-0.39, 0.29) is 6.04 Å². The van der Waals surface area contributed by atoms with Gasteiger partial charge in [-0.1, -0.05) is 13.0 Å². The van der Waals surface area contributed by atoms with Gasteiger partial charge in [-0.15, -0.1) is 0 Å². The second-order valence-electron chi connectivity index (χ2n) is 4.47. The van der Waals surface area contributed by atoms with Crippen LogP contribution in [0.5, 0.6) is 0 Å². The van der Waals surface area contributed by atoms with Gasteiger partial charge in [0.2, 0.25) is 0 Å². The van der Waals surface area contributed by atoms with E-state index in [1.807, 2.05) is 35.3 Å². The highest BCUT2D eigenvalue weighted by molar-refractivity contribution is 5.09. The molecule has 0 bridgehead atoms. The number of hydrogen-bond acceptors (Lipinski definition) is 3. The molecule has 2 aromatic rings. The maximum atomic E-state index is 4.34. The Morgan fingerprint density at radius 1 is 1.39 bits per heavy atom. The molecule has 1 atom stereocenters. The van der Waals surface area contributed by atoms with Crippen LogP contribution in [0.2, 0.25) is 0 Å². The molecule has 96 valence electrons. The van der Waals surface area contributed by atoms with Crippen LogP contribution in [0.3, 0.4) is 0 Å². The summed E-state index contributed by atoms with van der Waals surface area (Å²) < 4.78 is 1.99. The predicted octanol–water partition coefficient (Wildman–Crippen LogP) is 2.54. The molecule has 0 aliphatic rings. The minimum Gasteiger partial charge on any atom is -0.305 e. The van der Waals surface area contributed by atoms with Crippen LogP contribution in [0.15, 0.2) is 36.8 Å². The van der Waals surface area contributed by atoms with E-state index in [1.165, 1.54) is 5.56 Å². The summed E-state index contributed by atoms with van der Waals surface area (Å²) in [6.07, 6.45) is 6.96. The third kappa shape index (κ3) is 3.40. The van der Waals surface area contributed by atoms with Crippen LogP contribution in [0.25, 0.3) is 0 Å². The summed E-state index contributed by atoms with van der Waals surface area (Å²) in [5.74, 6) is 0. The van der Waals surface area contributed by atoms with Gasteiger partial charge in [0.25, 0.3) is 0 Å². The lowest BCUT2D eigenvalue weighted by Gasteiger charge is -2.11. The molecule has 2 aromatic heterocycles. The monoisotopic (exact) mass is 244 g/mol. The van der Waals surface area contributed by atoms with Gasteiger partial charge >= 0.3 is 0 Å². The Bertz CT molecular complexity index is 464. The highest BCUT2D eigenvalue weighted by atomic mass is 15.3. The van der Waals surface area contributed by atoms with Crippen LogP contribution < -0.4 is 5.32 Å². The zero-order chi connectivity index (χ0) is 12.8. The molecular formula is C14H20N4. The van der Waals surface area contributed by atoms with Crippen LogP contribution in [-0.4, -0.2) is 14.8 Å². The Morgan fingerprint density at radius 2 is 2.28 bits per heavy atom. The Labute approximate surface area is 108 Å². The molecule has 4 heteroatoms. The highest BCUT2D eigenvalue weighted by Gasteiger charge is 2.06. The first kappa shape index (κ1) is 12.8. The van der Waals surface area contributed by atoms with E-state index >= 15 is 0 Å². The van der Waals surface area contributed by atoms with Crippen molar-refractivity contribution in [3.05, 3.63) is 48.0 Å². The molecule has 18 heavy (non-hydrogen) atoms. The molecule has 4 nitrogen and oxygen atoms in total. The van der Waals surface area contributed by atoms with E-state index in [1.54, 1.807) is 0 Å². The lowest BCUT2D eigenvalue weighted by molar-refractivity contribution is 0.560. The number of nitrogens with zero attached hydrogens (tertiary/aromatic N) is 3. The molecular weight excluding hydrogens is 224 g/mol. The Morgan fingerprint density at radius 3 is 3.00 bits per heavy atom. The molecule has 0 fully saturated rings. The Kier molecular flexibility index (Phi) is 4.47. The van der Waals surface area contributed by atoms with Crippen molar-refractivity contribution in [2.24, 2.45) is 0 Å². The van der Waals surface area contributed by atoms with Gasteiger partial charge in [-0.3, -0.25) is 9.67 Å². The maximum absolute atomic E-state index is 4.34. The fourth-order valence-electron chi connectivity index (χ4n) is 1.86. The fraction of sp³-hybridized carbons (Fsp3) is 0.429. The third-order valence-electron chi connectivity index (χ3n) is 2.88. The first-order valence-corrected chi connectivity index (χ1v) is 6.45. The molecule has 2 heterocycles. The quantitative estimate of drug-likeness (QED) is 0.849. The predicted molar refractivity (Wildman–Crippen MR) is 72.0 cm³/mol. The van der Waals surface area contributed by atoms with E-state index in [2.05, 4.69) is 35.4 Å². The van der Waals surface area contributed by atoms with Gasteiger partial charge in [0.1, 0.15) is 0 Å². The van der Waals surface area contributed by atoms with E-state index < -0.39 is 0 Å². The first-order valence-electron chi connectivity index (χ1n) is 6.45. The zero-order valence-electron chi connectivity index (χ0n) is 11.0. The summed E-state index contributed by atoms with van der Waals surface area (Å²) >= 11 is 0. The lowest BCUT2D eigenvalue weighted by Crippen LogP contribution is -2.18. The number of aryl methyl sites for hydroxylation is 1. The van der Waals surface area contributed by atoms with Crippen LogP contribution >= 0.6 is 0 Å². The number of hydrogen-bond donors (Lipinski definition) is 1. The topological polar surface area (TPSA) is 42.7 Å². The average molecular weight is 244 g/mol. The van der Waals surface area contributed by atoms with Crippen molar-refractivity contribution in [2.75, 3.05) is 0 Å². The summed E-state index contributed by atoms with van der Waals surface area (Å²) in [4.78, 5) is 4.34. The van der Waals surface area contributed by atoms with E-state index in [0.29, 0.717) is 0 Å². The van der Waals surface area contributed by atoms with Crippen molar-refractivity contribution in [3.8, 4) is 0 Å². The van der Waals surface area contributed by atoms with Crippen molar-refractivity contribution >= 4 is 0 Å². The summed E-state index contributed by atoms with van der Waals surface area (Å²) in [5.41, 5.74) is 2.28. The number of rotatable bonds is 6. The molecule has 0 saturated carbocycles. The minimum absolute atomic E-state index is 0.251. The normalized spacial score (nSPS) is 12.6. The number of pyridine rings is 1. The number of nitrogens with one attached hydrogen (secondary N) is 1. The van der Waals surface area contributed by atoms with Gasteiger partial charge in [-0.05, 0) is 25.5 Å². The summed E-state index contributed by atoms with van der Waals surface area (Å²) in [7, 11) is 0. The average Bonchev–Trinajstić information content (AvgIpc) is 2.85. The fourth-order valence-corrected chi connectivity index (χ4v) is 1.86. The smallest absolute Gasteiger partial charge is 0.0570 e. The van der Waals surface area contributed by atoms with Crippen LogP contribution in [-0.2, 0) is 13.1 Å². The van der Waals surface area contributed by atoms with Crippen molar-refractivity contribution in [1.29, 1.82) is 0 Å². The third-order valence-corrected chi connectivity index (χ3v) is 2.88. The second kappa shape index (κ2) is 6.31. The van der Waals surface area contributed by atoms with Crippen molar-refractivity contribution in [1.82, 2.24) is 20.1 Å². The summed E-state index contributed by atoms with van der Waals surface area (Å²) in [6, 6.07) is 6.24. The van der Waals surface area contributed by atoms with Crippen molar-refractivity contribution in [2.45, 2.75) is 39.4 Å². The van der Waals surface area contributed by atoms with Gasteiger partial charge in [-0.25, -0.2) is 0 Å². The highest BCUT2D eigenvalue weighted by Crippen LogP contribution is 2.09. The zero-order valence-corrected chi connectivity index (χ0v) is 11.0. The molecule has 0 unspecified atom stereocenters. The molecule has 1 N–H and O–H groups in total. The van der Waals surface area contributed by atoms with E-state index in [4.69, 9.17) is 0 Å².